The van der Waals surface area contributed by atoms with E-state index >= 15 is 0 Å². The number of aromatic hydroxyl groups is 1. The quantitative estimate of drug-likeness (QED) is 0.451. The van der Waals surface area contributed by atoms with Crippen molar-refractivity contribution in [2.24, 2.45) is 5.10 Å². The lowest BCUT2D eigenvalue weighted by molar-refractivity contribution is 0.0950. The first-order valence-electron chi connectivity index (χ1n) is 8.44. The number of hydrogen-bond donors (Lipinski definition) is 3. The van der Waals surface area contributed by atoms with Gasteiger partial charge in [-0.1, -0.05) is 23.7 Å². The highest BCUT2D eigenvalue weighted by atomic mass is 35.5. The SMILES string of the molecule is Cc1cc(-c2ccc(Cl)cc2)[nH]c1C(=O)N/N=C/c1cc(C)c(O)c(C)c1. The van der Waals surface area contributed by atoms with Crippen LogP contribution in [0, 0.1) is 20.8 Å². The Bertz CT molecular complexity index is 997. The highest BCUT2D eigenvalue weighted by Crippen LogP contribution is 2.24. The van der Waals surface area contributed by atoms with Crippen molar-refractivity contribution in [3.63, 3.8) is 0 Å². The molecular weight excluding hydrogens is 362 g/mol. The Labute approximate surface area is 162 Å². The van der Waals surface area contributed by atoms with E-state index in [9.17, 15) is 9.90 Å². The Kier molecular flexibility index (Phi) is 5.33. The number of amides is 1. The Morgan fingerprint density at radius 3 is 2.33 bits per heavy atom. The van der Waals surface area contributed by atoms with Crippen LogP contribution >= 0.6 is 11.6 Å². The molecule has 1 amide bonds. The smallest absolute Gasteiger partial charge is 0.288 e. The Hall–Kier alpha value is -3.05. The van der Waals surface area contributed by atoms with Crippen molar-refractivity contribution in [1.82, 2.24) is 10.4 Å². The van der Waals surface area contributed by atoms with E-state index in [1.165, 1.54) is 0 Å². The predicted molar refractivity (Wildman–Crippen MR) is 109 cm³/mol. The summed E-state index contributed by atoms with van der Waals surface area (Å²) in [5.74, 6) is -0.0517. The predicted octanol–water partition coefficient (Wildman–Crippen LogP) is 4.73. The van der Waals surface area contributed by atoms with Crippen LogP contribution in [0.3, 0.4) is 0 Å². The number of aryl methyl sites for hydroxylation is 3. The maximum absolute atomic E-state index is 12.4. The number of halogens is 1. The van der Waals surface area contributed by atoms with Crippen molar-refractivity contribution in [2.45, 2.75) is 20.8 Å². The van der Waals surface area contributed by atoms with Crippen molar-refractivity contribution < 1.29 is 9.90 Å². The molecule has 6 heteroatoms. The molecule has 1 aromatic heterocycles. The van der Waals surface area contributed by atoms with E-state index in [0.717, 1.165) is 33.5 Å². The lowest BCUT2D eigenvalue weighted by atomic mass is 10.1. The number of H-pyrrole nitrogens is 1. The first-order chi connectivity index (χ1) is 12.8. The minimum absolute atomic E-state index is 0.271. The number of nitrogens with one attached hydrogen (secondary N) is 2. The van der Waals surface area contributed by atoms with Gasteiger partial charge in [-0.3, -0.25) is 4.79 Å². The van der Waals surface area contributed by atoms with Gasteiger partial charge < -0.3 is 10.1 Å². The number of hydrazone groups is 1. The molecule has 0 aliphatic heterocycles. The lowest BCUT2D eigenvalue weighted by Gasteiger charge is -2.04. The van der Waals surface area contributed by atoms with Crippen LogP contribution < -0.4 is 5.43 Å². The molecule has 0 saturated heterocycles. The Balaban J connectivity index is 1.74. The van der Waals surface area contributed by atoms with Gasteiger partial charge in [-0.15, -0.1) is 0 Å². The molecule has 3 rings (SSSR count). The van der Waals surface area contributed by atoms with Gasteiger partial charge in [-0.2, -0.15) is 5.10 Å². The summed E-state index contributed by atoms with van der Waals surface area (Å²) in [5, 5.41) is 14.5. The molecule has 3 N–H and O–H groups in total. The second kappa shape index (κ2) is 7.68. The molecule has 1 heterocycles. The molecule has 27 heavy (non-hydrogen) atoms. The fourth-order valence-corrected chi connectivity index (χ4v) is 2.99. The lowest BCUT2D eigenvalue weighted by Crippen LogP contribution is -2.19. The number of phenolic OH excluding ortho intramolecular Hbond substituents is 1. The summed E-state index contributed by atoms with van der Waals surface area (Å²) in [6.07, 6.45) is 1.55. The number of aromatic amines is 1. The summed E-state index contributed by atoms with van der Waals surface area (Å²) in [7, 11) is 0. The van der Waals surface area contributed by atoms with Gasteiger partial charge in [0.2, 0.25) is 0 Å². The summed E-state index contributed by atoms with van der Waals surface area (Å²) < 4.78 is 0. The molecule has 3 aromatic rings. The van der Waals surface area contributed by atoms with Crippen LogP contribution in [-0.4, -0.2) is 22.2 Å². The number of phenols is 1. The fraction of sp³-hybridized carbons (Fsp3) is 0.143. The van der Waals surface area contributed by atoms with Crippen LogP contribution in [0.4, 0.5) is 0 Å². The molecular formula is C21H20ClN3O2. The Morgan fingerprint density at radius 1 is 1.07 bits per heavy atom. The minimum Gasteiger partial charge on any atom is -0.507 e. The van der Waals surface area contributed by atoms with Gasteiger partial charge in [0.15, 0.2) is 0 Å². The molecule has 0 fully saturated rings. The number of aromatic nitrogens is 1. The molecule has 138 valence electrons. The number of rotatable bonds is 4. The second-order valence-electron chi connectivity index (χ2n) is 6.45. The first kappa shape index (κ1) is 18.7. The first-order valence-corrected chi connectivity index (χ1v) is 8.82. The molecule has 5 nitrogen and oxygen atoms in total. The standard InChI is InChI=1S/C21H20ClN3O2/c1-12-10-18(16-4-6-17(22)7-5-16)24-19(12)21(27)25-23-11-15-8-13(2)20(26)14(3)9-15/h4-11,24,26H,1-3H3,(H,25,27)/b23-11+. The van der Waals surface area contributed by atoms with E-state index in [1.807, 2.05) is 39.0 Å². The molecule has 0 aliphatic carbocycles. The third-order valence-electron chi connectivity index (χ3n) is 4.29. The Morgan fingerprint density at radius 2 is 1.70 bits per heavy atom. The van der Waals surface area contributed by atoms with Crippen molar-refractivity contribution in [3.8, 4) is 17.0 Å². The molecule has 0 aliphatic rings. The molecule has 0 saturated carbocycles. The number of carbonyl (C=O) groups excluding carboxylic acids is 1. The highest BCUT2D eigenvalue weighted by molar-refractivity contribution is 6.30. The van der Waals surface area contributed by atoms with Crippen molar-refractivity contribution in [2.75, 3.05) is 0 Å². The number of carbonyl (C=O) groups is 1. The minimum atomic E-state index is -0.323. The zero-order valence-electron chi connectivity index (χ0n) is 15.3. The highest BCUT2D eigenvalue weighted by Gasteiger charge is 2.13. The van der Waals surface area contributed by atoms with E-state index in [-0.39, 0.29) is 11.7 Å². The van der Waals surface area contributed by atoms with Gasteiger partial charge in [-0.05, 0) is 78.9 Å². The zero-order valence-corrected chi connectivity index (χ0v) is 16.1. The molecule has 0 atom stereocenters. The van der Waals surface area contributed by atoms with Crippen molar-refractivity contribution in [1.29, 1.82) is 0 Å². The number of hydrogen-bond acceptors (Lipinski definition) is 3. The van der Waals surface area contributed by atoms with Crippen LogP contribution in [-0.2, 0) is 0 Å². The third kappa shape index (κ3) is 4.20. The van der Waals surface area contributed by atoms with E-state index in [4.69, 9.17) is 11.6 Å². The molecule has 2 aromatic carbocycles. The van der Waals surface area contributed by atoms with Gasteiger partial charge >= 0.3 is 0 Å². The van der Waals surface area contributed by atoms with Gasteiger partial charge in [0.25, 0.3) is 5.91 Å². The second-order valence-corrected chi connectivity index (χ2v) is 6.89. The maximum atomic E-state index is 12.4. The van der Waals surface area contributed by atoms with Crippen LogP contribution in [0.25, 0.3) is 11.3 Å². The normalized spacial score (nSPS) is 11.1. The molecule has 0 radical (unpaired) electrons. The number of nitrogens with zero attached hydrogens (tertiary/aromatic N) is 1. The summed E-state index contributed by atoms with van der Waals surface area (Å²) in [5.41, 5.74) is 7.91. The van der Waals surface area contributed by atoms with Crippen LogP contribution in [0.15, 0.2) is 47.6 Å². The maximum Gasteiger partial charge on any atom is 0.288 e. The van der Waals surface area contributed by atoms with Gasteiger partial charge in [0.1, 0.15) is 11.4 Å². The zero-order chi connectivity index (χ0) is 19.6. The average molecular weight is 382 g/mol. The van der Waals surface area contributed by atoms with E-state index < -0.39 is 0 Å². The fourth-order valence-electron chi connectivity index (χ4n) is 2.86. The summed E-state index contributed by atoms with van der Waals surface area (Å²) in [4.78, 5) is 15.6. The molecule has 0 spiro atoms. The van der Waals surface area contributed by atoms with Crippen molar-refractivity contribution in [3.05, 3.63) is 75.4 Å². The van der Waals surface area contributed by atoms with E-state index in [1.54, 1.807) is 30.5 Å². The van der Waals surface area contributed by atoms with Gasteiger partial charge in [0.05, 0.1) is 6.21 Å². The summed E-state index contributed by atoms with van der Waals surface area (Å²) >= 11 is 5.92. The largest absolute Gasteiger partial charge is 0.507 e. The average Bonchev–Trinajstić information content (AvgIpc) is 3.02. The monoisotopic (exact) mass is 381 g/mol. The summed E-state index contributed by atoms with van der Waals surface area (Å²) in [6, 6.07) is 12.9. The number of benzene rings is 2. The van der Waals surface area contributed by atoms with E-state index in [0.29, 0.717) is 10.7 Å². The van der Waals surface area contributed by atoms with Crippen LogP contribution in [0.5, 0.6) is 5.75 Å². The van der Waals surface area contributed by atoms with Gasteiger partial charge in [-0.25, -0.2) is 5.43 Å². The van der Waals surface area contributed by atoms with Crippen LogP contribution in [0.1, 0.15) is 32.7 Å². The topological polar surface area (TPSA) is 77.5 Å². The van der Waals surface area contributed by atoms with Gasteiger partial charge in [0, 0.05) is 10.7 Å². The van der Waals surface area contributed by atoms with Crippen molar-refractivity contribution >= 4 is 23.7 Å². The van der Waals surface area contributed by atoms with E-state index in [2.05, 4.69) is 15.5 Å². The third-order valence-corrected chi connectivity index (χ3v) is 4.54. The molecule has 0 unspecified atom stereocenters. The van der Waals surface area contributed by atoms with Crippen LogP contribution in [0.2, 0.25) is 5.02 Å². The summed E-state index contributed by atoms with van der Waals surface area (Å²) in [6.45, 7) is 5.50. The molecule has 0 bridgehead atoms.